The minimum absolute atomic E-state index is 0.0201. The first-order valence-corrected chi connectivity index (χ1v) is 4.09. The number of hydrogen-bond donors (Lipinski definition) is 0. The van der Waals surface area contributed by atoms with Crippen molar-refractivity contribution >= 4 is 0 Å². The summed E-state index contributed by atoms with van der Waals surface area (Å²) in [6.07, 6.45) is 0.861. The molecular weight excluding hydrogens is 146 g/mol. The van der Waals surface area contributed by atoms with E-state index in [9.17, 15) is 0 Å². The Kier molecular flexibility index (Phi) is 2.88. The number of benzene rings is 1. The molecule has 0 aliphatic heterocycles. The van der Waals surface area contributed by atoms with Gasteiger partial charge in [0.25, 0.3) is 0 Å². The van der Waals surface area contributed by atoms with Crippen molar-refractivity contribution in [2.75, 3.05) is 0 Å². The summed E-state index contributed by atoms with van der Waals surface area (Å²) in [6, 6.07) is 10.1. The van der Waals surface area contributed by atoms with Crippen LogP contribution in [0.2, 0.25) is 0 Å². The van der Waals surface area contributed by atoms with Crippen molar-refractivity contribution in [2.45, 2.75) is 19.3 Å². The van der Waals surface area contributed by atoms with Crippen LogP contribution in [-0.4, -0.2) is 0 Å². The van der Waals surface area contributed by atoms with E-state index in [4.69, 9.17) is 5.26 Å². The molecule has 61 valence electrons. The van der Waals surface area contributed by atoms with Crippen molar-refractivity contribution in [3.05, 3.63) is 42.3 Å². The Morgan fingerprint density at radius 1 is 1.58 bits per heavy atom. The topological polar surface area (TPSA) is 23.8 Å². The van der Waals surface area contributed by atoms with Gasteiger partial charge in [0.05, 0.1) is 12.0 Å². The summed E-state index contributed by atoms with van der Waals surface area (Å²) in [5.41, 5.74) is 2.05. The number of hydrogen-bond acceptors (Lipinski definition) is 1. The molecule has 1 rings (SSSR count). The van der Waals surface area contributed by atoms with Crippen molar-refractivity contribution in [3.8, 4) is 6.07 Å². The average Bonchev–Trinajstić information content (AvgIpc) is 2.07. The number of nitrogens with zero attached hydrogens (tertiary/aromatic N) is 1. The second kappa shape index (κ2) is 3.92. The maximum Gasteiger partial charge on any atom is 0.0710 e. The van der Waals surface area contributed by atoms with Crippen molar-refractivity contribution in [3.63, 3.8) is 0 Å². The smallest absolute Gasteiger partial charge is 0.0710 e. The third-order valence-electron chi connectivity index (χ3n) is 1.92. The maximum atomic E-state index is 8.80. The molecule has 1 aromatic rings. The van der Waals surface area contributed by atoms with Gasteiger partial charge in [-0.2, -0.15) is 5.26 Å². The van der Waals surface area contributed by atoms with E-state index in [-0.39, 0.29) is 5.92 Å². The Morgan fingerprint density at radius 2 is 2.33 bits per heavy atom. The fourth-order valence-corrected chi connectivity index (χ4v) is 1.21. The molecule has 0 spiro atoms. The molecule has 1 unspecified atom stereocenters. The molecule has 0 aromatic heterocycles. The van der Waals surface area contributed by atoms with Crippen LogP contribution in [0.25, 0.3) is 0 Å². The van der Waals surface area contributed by atoms with E-state index in [1.807, 2.05) is 31.2 Å². The zero-order chi connectivity index (χ0) is 8.97. The number of rotatable bonds is 2. The van der Waals surface area contributed by atoms with Gasteiger partial charge in [0.15, 0.2) is 0 Å². The van der Waals surface area contributed by atoms with Crippen molar-refractivity contribution in [2.24, 2.45) is 0 Å². The largest absolute Gasteiger partial charge is 0.198 e. The van der Waals surface area contributed by atoms with Gasteiger partial charge in [-0.15, -0.1) is 0 Å². The highest BCUT2D eigenvalue weighted by atomic mass is 14.3. The first-order valence-electron chi connectivity index (χ1n) is 4.09. The quantitative estimate of drug-likeness (QED) is 0.649. The van der Waals surface area contributed by atoms with Crippen LogP contribution in [0.1, 0.15) is 30.4 Å². The molecule has 0 aliphatic rings. The summed E-state index contributed by atoms with van der Waals surface area (Å²) in [5, 5.41) is 8.80. The Bertz CT molecular complexity index is 296. The lowest BCUT2D eigenvalue weighted by Gasteiger charge is -2.05. The lowest BCUT2D eigenvalue weighted by atomic mass is 9.97. The molecule has 0 saturated carbocycles. The molecule has 0 bridgehead atoms. The third kappa shape index (κ3) is 1.85. The highest BCUT2D eigenvalue weighted by molar-refractivity contribution is 5.30. The van der Waals surface area contributed by atoms with Gasteiger partial charge in [-0.05, 0) is 24.5 Å². The normalized spacial score (nSPS) is 12.1. The zero-order valence-corrected chi connectivity index (χ0v) is 7.25. The van der Waals surface area contributed by atoms with E-state index in [1.54, 1.807) is 0 Å². The molecule has 0 aliphatic carbocycles. The van der Waals surface area contributed by atoms with E-state index in [1.165, 1.54) is 0 Å². The van der Waals surface area contributed by atoms with Crippen LogP contribution >= 0.6 is 0 Å². The molecule has 1 atom stereocenters. The minimum Gasteiger partial charge on any atom is -0.198 e. The van der Waals surface area contributed by atoms with E-state index in [0.717, 1.165) is 17.5 Å². The first kappa shape index (κ1) is 8.80. The van der Waals surface area contributed by atoms with Gasteiger partial charge in [0.2, 0.25) is 0 Å². The predicted octanol–water partition coefficient (Wildman–Crippen LogP) is 2.89. The first-order chi connectivity index (χ1) is 5.77. The molecule has 1 aromatic carbocycles. The van der Waals surface area contributed by atoms with Crippen LogP contribution in [0.4, 0.5) is 0 Å². The highest BCUT2D eigenvalue weighted by Gasteiger charge is 2.06. The molecule has 0 heterocycles. The van der Waals surface area contributed by atoms with Gasteiger partial charge >= 0.3 is 0 Å². The van der Waals surface area contributed by atoms with Gasteiger partial charge in [0, 0.05) is 0 Å². The Balaban J connectivity index is 2.95. The van der Waals surface area contributed by atoms with Crippen molar-refractivity contribution in [1.29, 1.82) is 5.26 Å². The van der Waals surface area contributed by atoms with Crippen LogP contribution < -0.4 is 0 Å². The third-order valence-corrected chi connectivity index (χ3v) is 1.92. The zero-order valence-electron chi connectivity index (χ0n) is 7.25. The molecular formula is C11H12N. The molecule has 1 heteroatoms. The average molecular weight is 158 g/mol. The summed E-state index contributed by atoms with van der Waals surface area (Å²) >= 11 is 0. The summed E-state index contributed by atoms with van der Waals surface area (Å²) in [7, 11) is 0. The second-order valence-corrected chi connectivity index (χ2v) is 2.83. The standard InChI is InChI=1S/C11H12N/c1-3-10(8-12)11-6-4-5-9(2)7-11/h4-7,10H,2-3H2,1H3. The van der Waals surface area contributed by atoms with E-state index in [2.05, 4.69) is 13.0 Å². The molecule has 12 heavy (non-hydrogen) atoms. The highest BCUT2D eigenvalue weighted by Crippen LogP contribution is 2.18. The molecule has 1 nitrogen and oxygen atoms in total. The predicted molar refractivity (Wildman–Crippen MR) is 49.5 cm³/mol. The summed E-state index contributed by atoms with van der Waals surface area (Å²) in [4.78, 5) is 0. The van der Waals surface area contributed by atoms with Crippen molar-refractivity contribution in [1.82, 2.24) is 0 Å². The summed E-state index contributed by atoms with van der Waals surface area (Å²) in [5.74, 6) is 0.0201. The van der Waals surface area contributed by atoms with Crippen LogP contribution in [0.3, 0.4) is 0 Å². The van der Waals surface area contributed by atoms with E-state index < -0.39 is 0 Å². The van der Waals surface area contributed by atoms with Gasteiger partial charge in [-0.1, -0.05) is 31.2 Å². The SMILES string of the molecule is [CH2]c1cccc(C(C#N)CC)c1. The maximum absolute atomic E-state index is 8.80. The lowest BCUT2D eigenvalue weighted by molar-refractivity contribution is 0.818. The van der Waals surface area contributed by atoms with Crippen LogP contribution in [-0.2, 0) is 0 Å². The molecule has 0 saturated heterocycles. The van der Waals surface area contributed by atoms with Crippen LogP contribution in [0.15, 0.2) is 24.3 Å². The fraction of sp³-hybridized carbons (Fsp3) is 0.273. The molecule has 0 N–H and O–H groups in total. The monoisotopic (exact) mass is 158 g/mol. The van der Waals surface area contributed by atoms with Crippen molar-refractivity contribution < 1.29 is 0 Å². The molecule has 0 fully saturated rings. The van der Waals surface area contributed by atoms with Gasteiger partial charge < -0.3 is 0 Å². The second-order valence-electron chi connectivity index (χ2n) is 2.83. The molecule has 1 radical (unpaired) electrons. The van der Waals surface area contributed by atoms with E-state index in [0.29, 0.717) is 0 Å². The van der Waals surface area contributed by atoms with Crippen LogP contribution in [0, 0.1) is 18.3 Å². The molecule has 0 amide bonds. The summed E-state index contributed by atoms with van der Waals surface area (Å²) < 4.78 is 0. The Labute approximate surface area is 73.6 Å². The fourth-order valence-electron chi connectivity index (χ4n) is 1.21. The van der Waals surface area contributed by atoms with E-state index >= 15 is 0 Å². The van der Waals surface area contributed by atoms with Gasteiger partial charge in [-0.3, -0.25) is 0 Å². The summed E-state index contributed by atoms with van der Waals surface area (Å²) in [6.45, 7) is 5.84. The Hall–Kier alpha value is -1.29. The number of nitriles is 1. The van der Waals surface area contributed by atoms with Gasteiger partial charge in [-0.25, -0.2) is 0 Å². The Morgan fingerprint density at radius 3 is 2.83 bits per heavy atom. The minimum atomic E-state index is 0.0201. The lowest BCUT2D eigenvalue weighted by Crippen LogP contribution is -1.93. The van der Waals surface area contributed by atoms with Crippen LogP contribution in [0.5, 0.6) is 0 Å². The van der Waals surface area contributed by atoms with Gasteiger partial charge in [0.1, 0.15) is 0 Å².